The summed E-state index contributed by atoms with van der Waals surface area (Å²) in [6, 6.07) is 3.20. The molecule has 0 aromatic heterocycles. The maximum absolute atomic E-state index is 12.9. The van der Waals surface area contributed by atoms with Gasteiger partial charge in [-0.1, -0.05) is 0 Å². The molecule has 14 heteroatoms. The largest absolute Gasteiger partial charge is 0.463 e. The number of carbonyl (C=O) groups excluding carboxylic acids is 5. The molecular formula is C21H24N2O12. The van der Waals surface area contributed by atoms with Gasteiger partial charge in [0.2, 0.25) is 6.29 Å². The number of nitro benzene ring substituents is 1. The number of nitrogens with zero attached hydrogens (tertiary/aromatic N) is 1. The van der Waals surface area contributed by atoms with E-state index < -0.39 is 72.0 Å². The van der Waals surface area contributed by atoms with Crippen LogP contribution in [0.15, 0.2) is 24.3 Å². The van der Waals surface area contributed by atoms with Crippen LogP contribution >= 0.6 is 0 Å². The van der Waals surface area contributed by atoms with Gasteiger partial charge in [-0.2, -0.15) is 0 Å². The summed E-state index contributed by atoms with van der Waals surface area (Å²) in [5.74, 6) is -3.91. The molecule has 1 aliphatic heterocycles. The fourth-order valence-corrected chi connectivity index (χ4v) is 3.29. The minimum atomic E-state index is -1.55. The van der Waals surface area contributed by atoms with Crippen molar-refractivity contribution in [1.29, 1.82) is 0 Å². The highest BCUT2D eigenvalue weighted by molar-refractivity contribution is 5.94. The molecule has 1 fully saturated rings. The number of carbonyl (C=O) groups is 5. The van der Waals surface area contributed by atoms with Crippen LogP contribution in [-0.4, -0.2) is 72.0 Å². The Morgan fingerprint density at radius 2 is 1.43 bits per heavy atom. The first-order chi connectivity index (χ1) is 16.4. The van der Waals surface area contributed by atoms with E-state index in [2.05, 4.69) is 5.32 Å². The fourth-order valence-electron chi connectivity index (χ4n) is 3.29. The van der Waals surface area contributed by atoms with Crippen LogP contribution in [0.3, 0.4) is 0 Å². The third-order valence-electron chi connectivity index (χ3n) is 4.62. The molecule has 1 aromatic carbocycles. The van der Waals surface area contributed by atoms with Crippen molar-refractivity contribution < 1.29 is 52.6 Å². The van der Waals surface area contributed by atoms with Crippen LogP contribution in [0.25, 0.3) is 0 Å². The first-order valence-electron chi connectivity index (χ1n) is 10.2. The van der Waals surface area contributed by atoms with Gasteiger partial charge in [-0.05, 0) is 12.1 Å². The van der Waals surface area contributed by atoms with Gasteiger partial charge in [0.05, 0.1) is 4.92 Å². The molecule has 5 atom stereocenters. The molecule has 1 saturated heterocycles. The van der Waals surface area contributed by atoms with Crippen molar-refractivity contribution in [2.45, 2.75) is 58.3 Å². The molecule has 2 rings (SSSR count). The molecule has 190 valence electrons. The van der Waals surface area contributed by atoms with Crippen molar-refractivity contribution in [1.82, 2.24) is 5.32 Å². The molecule has 1 N–H and O–H groups in total. The van der Waals surface area contributed by atoms with Crippen LogP contribution in [0.5, 0.6) is 0 Å². The van der Waals surface area contributed by atoms with E-state index in [-0.39, 0.29) is 11.3 Å². The van der Waals surface area contributed by atoms with Crippen LogP contribution in [0, 0.1) is 10.1 Å². The second-order valence-electron chi connectivity index (χ2n) is 7.41. The third kappa shape index (κ3) is 7.74. The van der Waals surface area contributed by atoms with Gasteiger partial charge >= 0.3 is 23.9 Å². The third-order valence-corrected chi connectivity index (χ3v) is 4.62. The molecular weight excluding hydrogens is 472 g/mol. The molecule has 0 saturated carbocycles. The Bertz CT molecular complexity index is 993. The monoisotopic (exact) mass is 496 g/mol. The van der Waals surface area contributed by atoms with Gasteiger partial charge in [0.25, 0.3) is 11.6 Å². The highest BCUT2D eigenvalue weighted by atomic mass is 16.7. The van der Waals surface area contributed by atoms with Gasteiger partial charge in [0.15, 0.2) is 12.2 Å². The van der Waals surface area contributed by atoms with Gasteiger partial charge in [-0.15, -0.1) is 0 Å². The number of hydrogen-bond acceptors (Lipinski definition) is 12. The molecule has 14 nitrogen and oxygen atoms in total. The molecule has 35 heavy (non-hydrogen) atoms. The van der Waals surface area contributed by atoms with Gasteiger partial charge in [0, 0.05) is 45.4 Å². The van der Waals surface area contributed by atoms with Crippen molar-refractivity contribution in [3.63, 3.8) is 0 Å². The average Bonchev–Trinajstić information content (AvgIpc) is 2.75. The molecule has 1 heterocycles. The normalized spacial score (nSPS) is 23.4. The highest BCUT2D eigenvalue weighted by Gasteiger charge is 2.52. The molecule has 1 aliphatic rings. The number of non-ortho nitro benzene ring substituents is 1. The Morgan fingerprint density at radius 3 is 1.91 bits per heavy atom. The topological polar surface area (TPSA) is 187 Å². The van der Waals surface area contributed by atoms with Crippen LogP contribution in [0.1, 0.15) is 38.1 Å². The summed E-state index contributed by atoms with van der Waals surface area (Å²) in [6.45, 7) is 3.89. The van der Waals surface area contributed by atoms with Crippen LogP contribution < -0.4 is 5.32 Å². The van der Waals surface area contributed by atoms with Crippen molar-refractivity contribution in [3.8, 4) is 0 Å². The Kier molecular flexibility index (Phi) is 9.22. The van der Waals surface area contributed by atoms with Gasteiger partial charge in [-0.3, -0.25) is 34.1 Å². The van der Waals surface area contributed by atoms with Crippen LogP contribution in [0.2, 0.25) is 0 Å². The lowest BCUT2D eigenvalue weighted by Crippen LogP contribution is -2.67. The van der Waals surface area contributed by atoms with Crippen molar-refractivity contribution in [2.75, 3.05) is 6.61 Å². The lowest BCUT2D eigenvalue weighted by Gasteiger charge is -2.44. The summed E-state index contributed by atoms with van der Waals surface area (Å²) < 4.78 is 26.4. The number of ether oxygens (including phenoxy) is 5. The molecule has 0 radical (unpaired) electrons. The lowest BCUT2D eigenvalue weighted by molar-refractivity contribution is -0.384. The number of amides is 1. The summed E-state index contributed by atoms with van der Waals surface area (Å²) in [6.07, 6.45) is -5.59. The van der Waals surface area contributed by atoms with E-state index in [1.807, 2.05) is 0 Å². The zero-order chi connectivity index (χ0) is 26.3. The average molecular weight is 496 g/mol. The van der Waals surface area contributed by atoms with Gasteiger partial charge in [-0.25, -0.2) is 0 Å². The first kappa shape index (κ1) is 27.2. The number of esters is 4. The molecule has 0 unspecified atom stereocenters. The molecule has 0 bridgehead atoms. The molecule has 0 spiro atoms. The number of rotatable bonds is 8. The zero-order valence-electron chi connectivity index (χ0n) is 19.2. The van der Waals surface area contributed by atoms with Crippen LogP contribution in [-0.2, 0) is 42.9 Å². The summed E-state index contributed by atoms with van der Waals surface area (Å²) in [5.41, 5.74) is -0.258. The molecule has 1 aromatic rings. The van der Waals surface area contributed by atoms with Gasteiger partial charge in [0.1, 0.15) is 18.8 Å². The predicted molar refractivity (Wildman–Crippen MR) is 113 cm³/mol. The second-order valence-corrected chi connectivity index (χ2v) is 7.41. The summed E-state index contributed by atoms with van der Waals surface area (Å²) in [7, 11) is 0. The predicted octanol–water partition coefficient (Wildman–Crippen LogP) is 0.408. The SMILES string of the molecule is CC(=O)OC[C@@H]1O[C@H](OC(C)=O)[C@H](NC(=O)c2ccc([N+](=O)[O-])cc2)[C@H](OC(C)=O)[C@@H]1OC(C)=O. The van der Waals surface area contributed by atoms with E-state index in [0.717, 1.165) is 39.8 Å². The quantitative estimate of drug-likeness (QED) is 0.226. The smallest absolute Gasteiger partial charge is 0.305 e. The van der Waals surface area contributed by atoms with E-state index in [0.29, 0.717) is 0 Å². The van der Waals surface area contributed by atoms with Crippen molar-refractivity contribution in [2.24, 2.45) is 0 Å². The van der Waals surface area contributed by atoms with E-state index in [4.69, 9.17) is 23.7 Å². The molecule has 0 aliphatic carbocycles. The van der Waals surface area contributed by atoms with E-state index in [1.54, 1.807) is 0 Å². The number of hydrogen-bond donors (Lipinski definition) is 1. The fraction of sp³-hybridized carbons (Fsp3) is 0.476. The highest BCUT2D eigenvalue weighted by Crippen LogP contribution is 2.28. The Labute approximate surface area is 198 Å². The summed E-state index contributed by atoms with van der Waals surface area (Å²) in [4.78, 5) is 69.8. The van der Waals surface area contributed by atoms with Crippen LogP contribution in [0.4, 0.5) is 5.69 Å². The number of benzene rings is 1. The minimum absolute atomic E-state index is 0.00942. The van der Waals surface area contributed by atoms with Crippen molar-refractivity contribution in [3.05, 3.63) is 39.9 Å². The summed E-state index contributed by atoms with van der Waals surface area (Å²) in [5, 5.41) is 13.4. The maximum Gasteiger partial charge on any atom is 0.305 e. The second kappa shape index (κ2) is 11.9. The standard InChI is InChI=1S/C21H24N2O12/c1-10(24)31-9-16-18(32-11(2)25)19(33-12(3)26)17(21(35-16)34-13(4)27)22-20(28)14-5-7-15(8-6-14)23(29)30/h5-8,16-19,21H,9H2,1-4H3,(H,22,28)/t16-,17+,18+,19-,21-/m0/s1. The summed E-state index contributed by atoms with van der Waals surface area (Å²) >= 11 is 0. The Morgan fingerprint density at radius 1 is 0.886 bits per heavy atom. The maximum atomic E-state index is 12.9. The Balaban J connectivity index is 2.44. The number of nitro groups is 1. The first-order valence-corrected chi connectivity index (χ1v) is 10.2. The van der Waals surface area contributed by atoms with E-state index in [1.165, 1.54) is 12.1 Å². The zero-order valence-corrected chi connectivity index (χ0v) is 19.2. The van der Waals surface area contributed by atoms with Crippen molar-refractivity contribution >= 4 is 35.5 Å². The van der Waals surface area contributed by atoms with E-state index in [9.17, 15) is 34.1 Å². The molecule has 1 amide bonds. The van der Waals surface area contributed by atoms with E-state index >= 15 is 0 Å². The Hall–Kier alpha value is -4.07. The lowest BCUT2D eigenvalue weighted by atomic mass is 9.95. The van der Waals surface area contributed by atoms with Gasteiger partial charge < -0.3 is 29.0 Å². The number of nitrogens with one attached hydrogen (secondary N) is 1. The minimum Gasteiger partial charge on any atom is -0.463 e.